The molecule has 2 N–H and O–H groups in total. The van der Waals surface area contributed by atoms with Crippen LogP contribution in [0.25, 0.3) is 0 Å². The zero-order chi connectivity index (χ0) is 27.6. The summed E-state index contributed by atoms with van der Waals surface area (Å²) in [6, 6.07) is 14.8. The van der Waals surface area contributed by atoms with Crippen molar-refractivity contribution < 1.29 is 33.3 Å². The van der Waals surface area contributed by atoms with Crippen molar-refractivity contribution in [2.45, 2.75) is 47.1 Å². The van der Waals surface area contributed by atoms with Gasteiger partial charge in [0.15, 0.2) is 5.60 Å². The number of rotatable bonds is 2. The van der Waals surface area contributed by atoms with Gasteiger partial charge >= 0.3 is 17.9 Å². The molecule has 8 nitrogen and oxygen atoms in total. The molecule has 2 heterocycles. The summed E-state index contributed by atoms with van der Waals surface area (Å²) in [6.45, 7) is 10.6. The van der Waals surface area contributed by atoms with Crippen molar-refractivity contribution in [3.05, 3.63) is 76.9 Å². The van der Waals surface area contributed by atoms with E-state index in [4.69, 9.17) is 24.7 Å². The monoisotopic (exact) mass is 515 g/mol. The number of carbonyl (C=O) groups excluding carboxylic acids is 3. The molecule has 2 aliphatic heterocycles. The van der Waals surface area contributed by atoms with Crippen LogP contribution < -0.4 is 19.9 Å². The maximum Gasteiger partial charge on any atom is 0.340 e. The Labute approximate surface area is 220 Å². The number of fused-ring (bicyclic) bond motifs is 6. The molecule has 196 valence electrons. The number of hydrogen-bond donors (Lipinski definition) is 1. The molecular weight excluding hydrogens is 486 g/mol. The molecular formula is C30H29NO7. The average molecular weight is 516 g/mol. The SMILES string of the molecule is CC(C)(C)C(=O)Oc1ccc2c(c1)Oc1cc(OC(=O)C(C)(C)C)ccc1C21OC(=O)c2ccc(N)cc21. The number of nitrogens with two attached hydrogens (primary N) is 1. The summed E-state index contributed by atoms with van der Waals surface area (Å²) in [5, 5.41) is 0. The van der Waals surface area contributed by atoms with E-state index in [1.54, 1.807) is 96.1 Å². The Morgan fingerprint density at radius 3 is 1.71 bits per heavy atom. The van der Waals surface area contributed by atoms with Crippen LogP contribution in [-0.4, -0.2) is 17.9 Å². The minimum absolute atomic E-state index is 0.273. The molecule has 2 aliphatic rings. The summed E-state index contributed by atoms with van der Waals surface area (Å²) in [4.78, 5) is 38.1. The molecule has 0 radical (unpaired) electrons. The van der Waals surface area contributed by atoms with Gasteiger partial charge in [0.1, 0.15) is 23.0 Å². The molecule has 3 aromatic carbocycles. The normalized spacial score (nSPS) is 15.1. The molecule has 0 unspecified atom stereocenters. The minimum Gasteiger partial charge on any atom is -0.456 e. The molecule has 0 atom stereocenters. The van der Waals surface area contributed by atoms with Crippen LogP contribution >= 0.6 is 0 Å². The van der Waals surface area contributed by atoms with E-state index in [0.717, 1.165) is 0 Å². The highest BCUT2D eigenvalue weighted by molar-refractivity contribution is 5.97. The summed E-state index contributed by atoms with van der Waals surface area (Å²) in [5.74, 6) is -0.150. The average Bonchev–Trinajstić information content (AvgIpc) is 3.09. The Morgan fingerprint density at radius 2 is 1.24 bits per heavy atom. The van der Waals surface area contributed by atoms with E-state index in [1.165, 1.54) is 0 Å². The lowest BCUT2D eigenvalue weighted by Crippen LogP contribution is -2.33. The van der Waals surface area contributed by atoms with Crippen molar-refractivity contribution in [1.29, 1.82) is 0 Å². The van der Waals surface area contributed by atoms with Gasteiger partial charge in [-0.2, -0.15) is 0 Å². The Hall–Kier alpha value is -4.33. The number of nitrogen functional groups attached to an aromatic ring is 1. The zero-order valence-electron chi connectivity index (χ0n) is 22.1. The number of benzene rings is 3. The summed E-state index contributed by atoms with van der Waals surface area (Å²) in [7, 11) is 0. The predicted octanol–water partition coefficient (Wildman–Crippen LogP) is 5.74. The lowest BCUT2D eigenvalue weighted by molar-refractivity contribution is -0.143. The van der Waals surface area contributed by atoms with Gasteiger partial charge in [0.05, 0.1) is 16.4 Å². The maximum atomic E-state index is 13.1. The van der Waals surface area contributed by atoms with Gasteiger partial charge in [0.25, 0.3) is 0 Å². The van der Waals surface area contributed by atoms with Crippen LogP contribution in [0.3, 0.4) is 0 Å². The van der Waals surface area contributed by atoms with Crippen LogP contribution in [0.15, 0.2) is 54.6 Å². The van der Waals surface area contributed by atoms with E-state index in [-0.39, 0.29) is 11.5 Å². The molecule has 0 bridgehead atoms. The summed E-state index contributed by atoms with van der Waals surface area (Å²) in [5.41, 5.74) is 5.81. The number of anilines is 1. The Bertz CT molecular complexity index is 1430. The van der Waals surface area contributed by atoms with Gasteiger partial charge in [0.2, 0.25) is 0 Å². The molecule has 3 aromatic rings. The third-order valence-electron chi connectivity index (χ3n) is 6.42. The van der Waals surface area contributed by atoms with Crippen molar-refractivity contribution in [1.82, 2.24) is 0 Å². The molecule has 38 heavy (non-hydrogen) atoms. The van der Waals surface area contributed by atoms with Crippen LogP contribution in [0.5, 0.6) is 23.0 Å². The van der Waals surface area contributed by atoms with Crippen molar-refractivity contribution >= 4 is 23.6 Å². The second-order valence-corrected chi connectivity index (χ2v) is 11.6. The first-order valence-corrected chi connectivity index (χ1v) is 12.2. The molecule has 0 amide bonds. The third kappa shape index (κ3) is 4.06. The maximum absolute atomic E-state index is 13.1. The topological polar surface area (TPSA) is 114 Å². The Kier molecular flexibility index (Phi) is 5.56. The van der Waals surface area contributed by atoms with Crippen LogP contribution in [0, 0.1) is 10.8 Å². The van der Waals surface area contributed by atoms with Crippen LogP contribution in [0.2, 0.25) is 0 Å². The quantitative estimate of drug-likeness (QED) is 0.261. The number of ether oxygens (including phenoxy) is 4. The summed E-state index contributed by atoms with van der Waals surface area (Å²) in [6.07, 6.45) is 0. The first-order chi connectivity index (χ1) is 17.7. The molecule has 0 saturated carbocycles. The summed E-state index contributed by atoms with van der Waals surface area (Å²) < 4.78 is 23.6. The highest BCUT2D eigenvalue weighted by Gasteiger charge is 2.54. The number of hydrogen-bond acceptors (Lipinski definition) is 8. The van der Waals surface area contributed by atoms with Gasteiger partial charge in [0, 0.05) is 34.5 Å². The second kappa shape index (κ2) is 8.34. The molecule has 0 aliphatic carbocycles. The van der Waals surface area contributed by atoms with Crippen LogP contribution in [-0.2, 0) is 19.9 Å². The molecule has 0 fully saturated rings. The van der Waals surface area contributed by atoms with E-state index in [0.29, 0.717) is 39.4 Å². The lowest BCUT2D eigenvalue weighted by atomic mass is 9.77. The fourth-order valence-corrected chi connectivity index (χ4v) is 4.35. The van der Waals surface area contributed by atoms with Gasteiger partial charge in [-0.1, -0.05) is 0 Å². The lowest BCUT2D eigenvalue weighted by Gasteiger charge is -2.36. The highest BCUT2D eigenvalue weighted by Crippen LogP contribution is 2.57. The van der Waals surface area contributed by atoms with Gasteiger partial charge in [-0.15, -0.1) is 0 Å². The third-order valence-corrected chi connectivity index (χ3v) is 6.42. The van der Waals surface area contributed by atoms with Crippen molar-refractivity contribution in [3.8, 4) is 23.0 Å². The van der Waals surface area contributed by atoms with Crippen LogP contribution in [0.1, 0.15) is 68.6 Å². The van der Waals surface area contributed by atoms with Crippen molar-refractivity contribution in [2.24, 2.45) is 10.8 Å². The van der Waals surface area contributed by atoms with Gasteiger partial charge < -0.3 is 24.7 Å². The van der Waals surface area contributed by atoms with E-state index < -0.39 is 34.3 Å². The largest absolute Gasteiger partial charge is 0.456 e. The van der Waals surface area contributed by atoms with E-state index in [9.17, 15) is 14.4 Å². The van der Waals surface area contributed by atoms with Gasteiger partial charge in [-0.3, -0.25) is 9.59 Å². The molecule has 0 saturated heterocycles. The van der Waals surface area contributed by atoms with Gasteiger partial charge in [-0.05, 0) is 84.0 Å². The molecule has 5 rings (SSSR count). The highest BCUT2D eigenvalue weighted by atomic mass is 16.6. The predicted molar refractivity (Wildman–Crippen MR) is 139 cm³/mol. The number of carbonyl (C=O) groups is 3. The van der Waals surface area contributed by atoms with Crippen LogP contribution in [0.4, 0.5) is 5.69 Å². The zero-order valence-corrected chi connectivity index (χ0v) is 22.1. The van der Waals surface area contributed by atoms with E-state index in [1.807, 2.05) is 0 Å². The van der Waals surface area contributed by atoms with E-state index in [2.05, 4.69) is 0 Å². The Balaban J connectivity index is 1.68. The number of esters is 3. The second-order valence-electron chi connectivity index (χ2n) is 11.6. The molecule has 1 spiro atoms. The first-order valence-electron chi connectivity index (χ1n) is 12.2. The Morgan fingerprint density at radius 1 is 0.737 bits per heavy atom. The fraction of sp³-hybridized carbons (Fsp3) is 0.300. The van der Waals surface area contributed by atoms with E-state index >= 15 is 0 Å². The standard InChI is InChI=1S/C30H29NO7/c1-28(2,3)26(33)35-17-8-11-20-23(14-17)37-24-15-18(36-27(34)29(4,5)6)9-12-21(24)30(20)22-13-16(31)7-10-19(22)25(32)38-30/h7-15H,31H2,1-6H3. The van der Waals surface area contributed by atoms with Crippen molar-refractivity contribution in [2.75, 3.05) is 5.73 Å². The molecule has 0 aromatic heterocycles. The smallest absolute Gasteiger partial charge is 0.340 e. The summed E-state index contributed by atoms with van der Waals surface area (Å²) >= 11 is 0. The first kappa shape index (κ1) is 25.3. The van der Waals surface area contributed by atoms with Gasteiger partial charge in [-0.25, -0.2) is 4.79 Å². The fourth-order valence-electron chi connectivity index (χ4n) is 4.35. The van der Waals surface area contributed by atoms with Crippen molar-refractivity contribution in [3.63, 3.8) is 0 Å². The molecule has 8 heteroatoms. The minimum atomic E-state index is -1.37.